The lowest BCUT2D eigenvalue weighted by Crippen LogP contribution is -2.21. The maximum Gasteiger partial charge on any atom is 0.417 e. The number of nitrogens with zero attached hydrogens (tertiary/aromatic N) is 5. The van der Waals surface area contributed by atoms with Gasteiger partial charge in [-0.15, -0.1) is 5.10 Å². The Kier molecular flexibility index (Phi) is 4.76. The summed E-state index contributed by atoms with van der Waals surface area (Å²) in [7, 11) is 0. The van der Waals surface area contributed by atoms with Gasteiger partial charge < -0.3 is 0 Å². The van der Waals surface area contributed by atoms with Crippen molar-refractivity contribution >= 4 is 17.5 Å². The molecule has 1 N–H and O–H groups in total. The number of nitrogens with one attached hydrogen (secondary N) is 1. The van der Waals surface area contributed by atoms with Crippen molar-refractivity contribution in [2.45, 2.75) is 26.6 Å². The number of benzene rings is 1. The van der Waals surface area contributed by atoms with E-state index in [4.69, 9.17) is 0 Å². The van der Waals surface area contributed by atoms with Crippen molar-refractivity contribution < 1.29 is 18.0 Å². The van der Waals surface area contributed by atoms with Crippen molar-refractivity contribution in [2.24, 2.45) is 0 Å². The van der Waals surface area contributed by atoms with E-state index in [-0.39, 0.29) is 24.0 Å². The lowest BCUT2D eigenvalue weighted by molar-refractivity contribution is -0.137. The van der Waals surface area contributed by atoms with Crippen LogP contribution >= 0.6 is 0 Å². The van der Waals surface area contributed by atoms with E-state index in [0.29, 0.717) is 11.2 Å². The SMILES string of the molecule is Cc1cc(C)n(CC(=O)Nc2nc3ccc(-c4ccccc4C(F)(F)F)cn3n2)n1. The molecule has 4 aromatic rings. The van der Waals surface area contributed by atoms with E-state index in [0.717, 1.165) is 17.5 Å². The van der Waals surface area contributed by atoms with Crippen LogP contribution in [-0.2, 0) is 17.5 Å². The van der Waals surface area contributed by atoms with Crippen molar-refractivity contribution in [1.82, 2.24) is 24.4 Å². The Morgan fingerprint density at radius 1 is 1.10 bits per heavy atom. The molecule has 0 fully saturated rings. The fraction of sp³-hybridized carbons (Fsp3) is 0.200. The van der Waals surface area contributed by atoms with E-state index >= 15 is 0 Å². The number of alkyl halides is 3. The average molecular weight is 414 g/mol. The van der Waals surface area contributed by atoms with Gasteiger partial charge in [-0.1, -0.05) is 18.2 Å². The number of carbonyl (C=O) groups excluding carboxylic acids is 1. The molecular weight excluding hydrogens is 397 g/mol. The number of amides is 1. The van der Waals surface area contributed by atoms with Gasteiger partial charge in [-0.25, -0.2) is 4.52 Å². The zero-order valence-corrected chi connectivity index (χ0v) is 16.1. The zero-order valence-electron chi connectivity index (χ0n) is 16.1. The third-order valence-electron chi connectivity index (χ3n) is 4.52. The van der Waals surface area contributed by atoms with E-state index in [2.05, 4.69) is 20.5 Å². The van der Waals surface area contributed by atoms with Crippen molar-refractivity contribution in [1.29, 1.82) is 0 Å². The van der Waals surface area contributed by atoms with Crippen LogP contribution in [0.2, 0.25) is 0 Å². The molecule has 0 aliphatic heterocycles. The van der Waals surface area contributed by atoms with Crippen molar-refractivity contribution in [2.75, 3.05) is 5.32 Å². The number of anilines is 1. The molecule has 0 bridgehead atoms. The van der Waals surface area contributed by atoms with Crippen LogP contribution in [0.25, 0.3) is 16.8 Å². The molecule has 154 valence electrons. The Bertz CT molecular complexity index is 1240. The second-order valence-corrected chi connectivity index (χ2v) is 6.83. The summed E-state index contributed by atoms with van der Waals surface area (Å²) in [6, 6.07) is 10.3. The van der Waals surface area contributed by atoms with E-state index in [1.54, 1.807) is 16.8 Å². The number of aryl methyl sites for hydroxylation is 2. The van der Waals surface area contributed by atoms with Crippen LogP contribution < -0.4 is 5.32 Å². The van der Waals surface area contributed by atoms with Gasteiger partial charge >= 0.3 is 6.18 Å². The van der Waals surface area contributed by atoms with Gasteiger partial charge in [0.25, 0.3) is 0 Å². The van der Waals surface area contributed by atoms with Gasteiger partial charge in [0.05, 0.1) is 11.3 Å². The minimum absolute atomic E-state index is 0.000562. The topological polar surface area (TPSA) is 77.1 Å². The fourth-order valence-electron chi connectivity index (χ4n) is 3.21. The van der Waals surface area contributed by atoms with Crippen LogP contribution in [0.3, 0.4) is 0 Å². The minimum Gasteiger partial charge on any atom is -0.292 e. The molecule has 0 unspecified atom stereocenters. The van der Waals surface area contributed by atoms with Crippen LogP contribution in [0.4, 0.5) is 19.1 Å². The lowest BCUT2D eigenvalue weighted by atomic mass is 10.0. The third-order valence-corrected chi connectivity index (χ3v) is 4.52. The molecule has 7 nitrogen and oxygen atoms in total. The highest BCUT2D eigenvalue weighted by Gasteiger charge is 2.33. The molecule has 0 atom stereocenters. The molecule has 1 amide bonds. The number of aromatic nitrogens is 5. The molecule has 3 aromatic heterocycles. The number of rotatable bonds is 4. The Morgan fingerprint density at radius 3 is 2.57 bits per heavy atom. The predicted molar refractivity (Wildman–Crippen MR) is 104 cm³/mol. The second-order valence-electron chi connectivity index (χ2n) is 6.83. The highest BCUT2D eigenvalue weighted by atomic mass is 19.4. The highest BCUT2D eigenvalue weighted by molar-refractivity contribution is 5.89. The Labute approximate surface area is 169 Å². The van der Waals surface area contributed by atoms with Gasteiger partial charge in [0, 0.05) is 17.5 Å². The summed E-state index contributed by atoms with van der Waals surface area (Å²) in [6.07, 6.45) is -3.03. The maximum absolute atomic E-state index is 13.3. The van der Waals surface area contributed by atoms with E-state index in [1.165, 1.54) is 28.9 Å². The third kappa shape index (κ3) is 3.88. The first kappa shape index (κ1) is 19.6. The molecule has 0 aliphatic carbocycles. The van der Waals surface area contributed by atoms with E-state index in [9.17, 15) is 18.0 Å². The number of carbonyl (C=O) groups is 1. The summed E-state index contributed by atoms with van der Waals surface area (Å²) < 4.78 is 42.8. The van der Waals surface area contributed by atoms with Gasteiger partial charge in [-0.2, -0.15) is 23.3 Å². The quantitative estimate of drug-likeness (QED) is 0.550. The summed E-state index contributed by atoms with van der Waals surface area (Å²) in [5.74, 6) is -0.303. The molecule has 0 spiro atoms. The number of hydrogen-bond acceptors (Lipinski definition) is 4. The normalized spacial score (nSPS) is 11.8. The summed E-state index contributed by atoms with van der Waals surface area (Å²) in [6.45, 7) is 3.68. The first-order chi connectivity index (χ1) is 14.2. The van der Waals surface area contributed by atoms with Gasteiger partial charge in [0.2, 0.25) is 11.9 Å². The Morgan fingerprint density at radius 2 is 1.87 bits per heavy atom. The van der Waals surface area contributed by atoms with Crippen molar-refractivity contribution in [3.63, 3.8) is 0 Å². The number of pyridine rings is 1. The van der Waals surface area contributed by atoms with Gasteiger partial charge in [0.1, 0.15) is 6.54 Å². The lowest BCUT2D eigenvalue weighted by Gasteiger charge is -2.12. The maximum atomic E-state index is 13.3. The number of halogens is 3. The molecule has 4 rings (SSSR count). The van der Waals surface area contributed by atoms with Crippen LogP contribution in [0, 0.1) is 13.8 Å². The Balaban J connectivity index is 1.59. The summed E-state index contributed by atoms with van der Waals surface area (Å²) in [4.78, 5) is 16.5. The molecule has 0 saturated carbocycles. The standard InChI is InChI=1S/C20H17F3N6O/c1-12-9-13(2)28(26-12)11-18(30)25-19-24-17-8-7-14(10-29(17)27-19)15-5-3-4-6-16(15)20(21,22)23/h3-10H,11H2,1-2H3,(H,25,27,30). The van der Waals surface area contributed by atoms with Gasteiger partial charge in [-0.05, 0) is 43.7 Å². The first-order valence-electron chi connectivity index (χ1n) is 9.04. The van der Waals surface area contributed by atoms with Crippen molar-refractivity contribution in [3.05, 3.63) is 65.6 Å². The largest absolute Gasteiger partial charge is 0.417 e. The Hall–Kier alpha value is -3.69. The number of fused-ring (bicyclic) bond motifs is 1. The zero-order chi connectivity index (χ0) is 21.5. The molecule has 10 heteroatoms. The monoisotopic (exact) mass is 414 g/mol. The van der Waals surface area contributed by atoms with Crippen LogP contribution in [-0.4, -0.2) is 30.3 Å². The van der Waals surface area contributed by atoms with E-state index in [1.807, 2.05) is 19.9 Å². The van der Waals surface area contributed by atoms with Crippen LogP contribution in [0.15, 0.2) is 48.7 Å². The molecule has 0 saturated heterocycles. The van der Waals surface area contributed by atoms with Gasteiger partial charge in [-0.3, -0.25) is 14.8 Å². The van der Waals surface area contributed by atoms with Crippen molar-refractivity contribution in [3.8, 4) is 11.1 Å². The van der Waals surface area contributed by atoms with Crippen LogP contribution in [0.5, 0.6) is 0 Å². The average Bonchev–Trinajstić information content (AvgIpc) is 3.21. The van der Waals surface area contributed by atoms with E-state index < -0.39 is 11.7 Å². The molecule has 0 aliphatic rings. The molecule has 3 heterocycles. The fourth-order valence-corrected chi connectivity index (χ4v) is 3.21. The molecular formula is C20H17F3N6O. The molecule has 30 heavy (non-hydrogen) atoms. The van der Waals surface area contributed by atoms with Gasteiger partial charge in [0.15, 0.2) is 5.65 Å². The van der Waals surface area contributed by atoms with Crippen LogP contribution in [0.1, 0.15) is 17.0 Å². The minimum atomic E-state index is -4.48. The summed E-state index contributed by atoms with van der Waals surface area (Å²) >= 11 is 0. The molecule has 1 aromatic carbocycles. The number of hydrogen-bond donors (Lipinski definition) is 1. The summed E-state index contributed by atoms with van der Waals surface area (Å²) in [5.41, 5.74) is 1.68. The predicted octanol–water partition coefficient (Wildman–Crippen LogP) is 3.87. The summed E-state index contributed by atoms with van der Waals surface area (Å²) in [5, 5.41) is 11.0. The second kappa shape index (κ2) is 7.29. The highest BCUT2D eigenvalue weighted by Crippen LogP contribution is 2.36. The molecule has 0 radical (unpaired) electrons. The first-order valence-corrected chi connectivity index (χ1v) is 9.04. The smallest absolute Gasteiger partial charge is 0.292 e.